The molecule has 0 bridgehead atoms. The third-order valence-corrected chi connectivity index (χ3v) is 3.02. The van der Waals surface area contributed by atoms with Crippen LogP contribution >= 0.6 is 15.9 Å². The molecule has 1 heterocycles. The molecule has 0 unspecified atom stereocenters. The van der Waals surface area contributed by atoms with Crippen LogP contribution in [-0.4, -0.2) is 17.6 Å². The molecule has 0 radical (unpaired) electrons. The Balaban J connectivity index is 2.25. The highest BCUT2D eigenvalue weighted by Crippen LogP contribution is 2.22. The van der Waals surface area contributed by atoms with E-state index >= 15 is 0 Å². The Labute approximate surface area is 125 Å². The van der Waals surface area contributed by atoms with Gasteiger partial charge < -0.3 is 15.8 Å². The van der Waals surface area contributed by atoms with Crippen molar-refractivity contribution in [3.63, 3.8) is 0 Å². The van der Waals surface area contributed by atoms with Crippen LogP contribution in [0.2, 0.25) is 0 Å². The zero-order valence-corrected chi connectivity index (χ0v) is 12.5. The number of esters is 1. The van der Waals surface area contributed by atoms with Gasteiger partial charge in [-0.25, -0.2) is 9.78 Å². The molecule has 0 aliphatic heterocycles. The standard InChI is InChI=1S/C14H14BrN3O2/c1-2-20-14(19)11-7-13(17-8-12(11)16)18-10-5-3-4-9(15)6-10/h3-8H,2,16H2,1H3,(H,17,18). The van der Waals surface area contributed by atoms with Gasteiger partial charge in [-0.2, -0.15) is 0 Å². The molecule has 5 nitrogen and oxygen atoms in total. The highest BCUT2D eigenvalue weighted by Gasteiger charge is 2.12. The average Bonchev–Trinajstić information content (AvgIpc) is 2.41. The summed E-state index contributed by atoms with van der Waals surface area (Å²) < 4.78 is 5.90. The molecule has 2 rings (SSSR count). The number of nitrogen functional groups attached to an aromatic ring is 1. The van der Waals surface area contributed by atoms with Crippen LogP contribution in [0.1, 0.15) is 17.3 Å². The summed E-state index contributed by atoms with van der Waals surface area (Å²) in [5, 5.41) is 3.10. The summed E-state index contributed by atoms with van der Waals surface area (Å²) in [6.07, 6.45) is 1.44. The lowest BCUT2D eigenvalue weighted by Crippen LogP contribution is -2.09. The number of rotatable bonds is 4. The van der Waals surface area contributed by atoms with E-state index in [4.69, 9.17) is 10.5 Å². The van der Waals surface area contributed by atoms with Crippen LogP contribution < -0.4 is 11.1 Å². The van der Waals surface area contributed by atoms with E-state index < -0.39 is 5.97 Å². The van der Waals surface area contributed by atoms with Gasteiger partial charge in [0.1, 0.15) is 5.82 Å². The molecular weight excluding hydrogens is 322 g/mol. The number of nitrogens with zero attached hydrogens (tertiary/aromatic N) is 1. The van der Waals surface area contributed by atoms with Crippen LogP contribution in [0.15, 0.2) is 41.0 Å². The molecule has 3 N–H and O–H groups in total. The Kier molecular flexibility index (Phi) is 4.57. The maximum absolute atomic E-state index is 11.8. The molecule has 20 heavy (non-hydrogen) atoms. The van der Waals surface area contributed by atoms with Crippen molar-refractivity contribution in [3.05, 3.63) is 46.6 Å². The molecule has 0 saturated carbocycles. The van der Waals surface area contributed by atoms with Gasteiger partial charge in [-0.15, -0.1) is 0 Å². The summed E-state index contributed by atoms with van der Waals surface area (Å²) >= 11 is 3.39. The van der Waals surface area contributed by atoms with Crippen LogP contribution in [-0.2, 0) is 4.74 Å². The monoisotopic (exact) mass is 335 g/mol. The summed E-state index contributed by atoms with van der Waals surface area (Å²) in [6.45, 7) is 2.05. The SMILES string of the molecule is CCOC(=O)c1cc(Nc2cccc(Br)c2)ncc1N. The van der Waals surface area contributed by atoms with Crippen molar-refractivity contribution in [2.45, 2.75) is 6.92 Å². The Bertz CT molecular complexity index is 632. The Morgan fingerprint density at radius 1 is 1.45 bits per heavy atom. The first-order valence-electron chi connectivity index (χ1n) is 6.05. The van der Waals surface area contributed by atoms with Gasteiger partial charge >= 0.3 is 5.97 Å². The van der Waals surface area contributed by atoms with Crippen molar-refractivity contribution in [1.82, 2.24) is 4.98 Å². The molecule has 0 aliphatic rings. The molecule has 0 amide bonds. The summed E-state index contributed by atoms with van der Waals surface area (Å²) in [7, 11) is 0. The van der Waals surface area contributed by atoms with E-state index in [2.05, 4.69) is 26.2 Å². The third-order valence-electron chi connectivity index (χ3n) is 2.53. The number of hydrogen-bond acceptors (Lipinski definition) is 5. The number of carbonyl (C=O) groups excluding carboxylic acids is 1. The molecule has 1 aromatic heterocycles. The maximum Gasteiger partial charge on any atom is 0.340 e. The molecular formula is C14H14BrN3O2. The van der Waals surface area contributed by atoms with E-state index in [-0.39, 0.29) is 0 Å². The third kappa shape index (κ3) is 3.48. The van der Waals surface area contributed by atoms with Crippen molar-refractivity contribution < 1.29 is 9.53 Å². The second-order valence-corrected chi connectivity index (χ2v) is 4.93. The molecule has 6 heteroatoms. The first-order chi connectivity index (χ1) is 9.60. The molecule has 1 aromatic carbocycles. The number of benzene rings is 1. The molecule has 0 fully saturated rings. The van der Waals surface area contributed by atoms with Gasteiger partial charge in [0.25, 0.3) is 0 Å². The van der Waals surface area contributed by atoms with Crippen molar-refractivity contribution in [3.8, 4) is 0 Å². The van der Waals surface area contributed by atoms with E-state index in [9.17, 15) is 4.79 Å². The van der Waals surface area contributed by atoms with Crippen molar-refractivity contribution in [2.24, 2.45) is 0 Å². The van der Waals surface area contributed by atoms with Gasteiger partial charge in [-0.05, 0) is 31.2 Å². The second-order valence-electron chi connectivity index (χ2n) is 4.01. The first kappa shape index (κ1) is 14.3. The topological polar surface area (TPSA) is 77.2 Å². The van der Waals surface area contributed by atoms with Crippen molar-refractivity contribution in [2.75, 3.05) is 17.7 Å². The fraction of sp³-hybridized carbons (Fsp3) is 0.143. The maximum atomic E-state index is 11.8. The van der Waals surface area contributed by atoms with Crippen LogP contribution in [0.4, 0.5) is 17.2 Å². The quantitative estimate of drug-likeness (QED) is 0.838. The van der Waals surface area contributed by atoms with Gasteiger partial charge in [0, 0.05) is 10.2 Å². The largest absolute Gasteiger partial charge is 0.462 e. The molecule has 104 valence electrons. The van der Waals surface area contributed by atoms with Gasteiger partial charge in [0.2, 0.25) is 0 Å². The van der Waals surface area contributed by atoms with Crippen LogP contribution in [0.3, 0.4) is 0 Å². The van der Waals surface area contributed by atoms with Crippen LogP contribution in [0, 0.1) is 0 Å². The van der Waals surface area contributed by atoms with Gasteiger partial charge in [0.05, 0.1) is 24.1 Å². The number of anilines is 3. The number of nitrogens with two attached hydrogens (primary N) is 1. The second kappa shape index (κ2) is 6.38. The van der Waals surface area contributed by atoms with E-state index in [1.54, 1.807) is 13.0 Å². The van der Waals surface area contributed by atoms with E-state index in [1.165, 1.54) is 6.20 Å². The average molecular weight is 336 g/mol. The molecule has 0 spiro atoms. The fourth-order valence-electron chi connectivity index (χ4n) is 1.63. The number of halogens is 1. The summed E-state index contributed by atoms with van der Waals surface area (Å²) in [6, 6.07) is 9.20. The zero-order chi connectivity index (χ0) is 14.5. The summed E-state index contributed by atoms with van der Waals surface area (Å²) in [5.41, 5.74) is 7.19. The number of pyridine rings is 1. The lowest BCUT2D eigenvalue weighted by molar-refractivity contribution is 0.0527. The molecule has 0 atom stereocenters. The number of carbonyl (C=O) groups is 1. The van der Waals surface area contributed by atoms with Gasteiger partial charge in [0.15, 0.2) is 0 Å². The number of ether oxygens (including phenoxy) is 1. The highest BCUT2D eigenvalue weighted by atomic mass is 79.9. The Hall–Kier alpha value is -2.08. The van der Waals surface area contributed by atoms with Gasteiger partial charge in [-0.3, -0.25) is 0 Å². The predicted octanol–water partition coefficient (Wildman–Crippen LogP) is 3.35. The van der Waals surface area contributed by atoms with E-state index in [0.717, 1.165) is 10.2 Å². The zero-order valence-electron chi connectivity index (χ0n) is 10.9. The normalized spacial score (nSPS) is 10.1. The van der Waals surface area contributed by atoms with E-state index in [0.29, 0.717) is 23.7 Å². The molecule has 2 aromatic rings. The predicted molar refractivity (Wildman–Crippen MR) is 82.0 cm³/mol. The minimum Gasteiger partial charge on any atom is -0.462 e. The number of aromatic nitrogens is 1. The van der Waals surface area contributed by atoms with E-state index in [1.807, 2.05) is 24.3 Å². The minimum atomic E-state index is -0.454. The Morgan fingerprint density at radius 3 is 2.95 bits per heavy atom. The summed E-state index contributed by atoms with van der Waals surface area (Å²) in [4.78, 5) is 15.9. The summed E-state index contributed by atoms with van der Waals surface area (Å²) in [5.74, 6) is 0.0741. The fourth-order valence-corrected chi connectivity index (χ4v) is 2.03. The lowest BCUT2D eigenvalue weighted by Gasteiger charge is -2.09. The minimum absolute atomic E-state index is 0.295. The Morgan fingerprint density at radius 2 is 2.25 bits per heavy atom. The van der Waals surface area contributed by atoms with Crippen LogP contribution in [0.25, 0.3) is 0 Å². The van der Waals surface area contributed by atoms with Crippen LogP contribution in [0.5, 0.6) is 0 Å². The smallest absolute Gasteiger partial charge is 0.340 e. The van der Waals surface area contributed by atoms with Crippen molar-refractivity contribution >= 4 is 39.1 Å². The van der Waals surface area contributed by atoms with Crippen molar-refractivity contribution in [1.29, 1.82) is 0 Å². The first-order valence-corrected chi connectivity index (χ1v) is 6.84. The lowest BCUT2D eigenvalue weighted by atomic mass is 10.2. The molecule has 0 aliphatic carbocycles. The highest BCUT2D eigenvalue weighted by molar-refractivity contribution is 9.10. The van der Waals surface area contributed by atoms with Gasteiger partial charge in [-0.1, -0.05) is 22.0 Å². The number of nitrogens with one attached hydrogen (secondary N) is 1. The number of hydrogen-bond donors (Lipinski definition) is 2. The molecule has 0 saturated heterocycles.